The summed E-state index contributed by atoms with van der Waals surface area (Å²) in [7, 11) is 0. The molecule has 0 saturated heterocycles. The van der Waals surface area contributed by atoms with Gasteiger partial charge in [0.25, 0.3) is 0 Å². The maximum Gasteiger partial charge on any atom is 0.0109 e. The average Bonchev–Trinajstić information content (AvgIpc) is 2.42. The first kappa shape index (κ1) is 17.7. The van der Waals surface area contributed by atoms with Crippen molar-refractivity contribution in [2.45, 2.75) is 41.0 Å². The van der Waals surface area contributed by atoms with Crippen LogP contribution in [0.4, 0.5) is 0 Å². The summed E-state index contributed by atoms with van der Waals surface area (Å²) in [4.78, 5) is 0. The molecule has 2 N–H and O–H groups in total. The molecule has 0 aliphatic heterocycles. The summed E-state index contributed by atoms with van der Waals surface area (Å²) in [6.07, 6.45) is 18.7. The molecule has 0 heterocycles. The van der Waals surface area contributed by atoms with Crippen molar-refractivity contribution in [3.05, 3.63) is 59.8 Å². The number of hydrogen-bond acceptors (Lipinski definition) is 1. The van der Waals surface area contributed by atoms with Crippen LogP contribution in [-0.2, 0) is 0 Å². The van der Waals surface area contributed by atoms with E-state index in [0.717, 1.165) is 6.42 Å². The van der Waals surface area contributed by atoms with Gasteiger partial charge in [-0.1, -0.05) is 76.3 Å². The molecule has 0 fully saturated rings. The van der Waals surface area contributed by atoms with Gasteiger partial charge in [-0.15, -0.1) is 0 Å². The minimum absolute atomic E-state index is 0.209. The molecule has 0 radical (unpaired) electrons. The fourth-order valence-electron chi connectivity index (χ4n) is 2.71. The summed E-state index contributed by atoms with van der Waals surface area (Å²) in [6.45, 7) is 11.8. The van der Waals surface area contributed by atoms with Crippen LogP contribution in [0.3, 0.4) is 0 Å². The van der Waals surface area contributed by atoms with Gasteiger partial charge in [0.1, 0.15) is 0 Å². The Morgan fingerprint density at radius 1 is 1.33 bits per heavy atom. The molecule has 0 bridgehead atoms. The molecule has 0 amide bonds. The summed E-state index contributed by atoms with van der Waals surface area (Å²) in [5, 5.41) is 0. The van der Waals surface area contributed by atoms with E-state index in [-0.39, 0.29) is 5.41 Å². The molecular weight excluding hydrogens is 254 g/mol. The molecule has 21 heavy (non-hydrogen) atoms. The van der Waals surface area contributed by atoms with Crippen molar-refractivity contribution in [3.8, 4) is 0 Å². The zero-order valence-electron chi connectivity index (χ0n) is 14.3. The smallest absolute Gasteiger partial charge is 0.0109 e. The van der Waals surface area contributed by atoms with Crippen molar-refractivity contribution >= 4 is 0 Å². The van der Waals surface area contributed by atoms with Crippen molar-refractivity contribution < 1.29 is 0 Å². The highest BCUT2D eigenvalue weighted by Gasteiger charge is 2.24. The van der Waals surface area contributed by atoms with Gasteiger partial charge >= 0.3 is 0 Å². The molecule has 2 unspecified atom stereocenters. The van der Waals surface area contributed by atoms with Crippen LogP contribution in [0.25, 0.3) is 0 Å². The Labute approximate surface area is 131 Å². The normalized spacial score (nSPS) is 22.1. The molecule has 0 spiro atoms. The van der Waals surface area contributed by atoms with Crippen LogP contribution >= 0.6 is 0 Å². The van der Waals surface area contributed by atoms with Crippen LogP contribution < -0.4 is 5.73 Å². The van der Waals surface area contributed by atoms with E-state index in [2.05, 4.69) is 71.1 Å². The third-order valence-corrected chi connectivity index (χ3v) is 4.01. The summed E-state index contributed by atoms with van der Waals surface area (Å²) < 4.78 is 0. The van der Waals surface area contributed by atoms with Gasteiger partial charge in [-0.25, -0.2) is 0 Å². The van der Waals surface area contributed by atoms with E-state index in [4.69, 9.17) is 5.73 Å². The standard InChI is InChI=1S/C20H31N/c1-6-10-16(2)19-13-12-18(20(3,4)5)15-17(19)11-8-7-9-14-21/h6-12,15-16,19H,13-14,21H2,1-5H3/b9-7-,10-6?,11-8-. The number of nitrogens with two attached hydrogens (primary N) is 1. The van der Waals surface area contributed by atoms with Crippen molar-refractivity contribution in [3.63, 3.8) is 0 Å². The summed E-state index contributed by atoms with van der Waals surface area (Å²) in [5.74, 6) is 1.12. The molecule has 1 rings (SSSR count). The lowest BCUT2D eigenvalue weighted by Gasteiger charge is -2.30. The van der Waals surface area contributed by atoms with Crippen LogP contribution in [0.2, 0.25) is 0 Å². The Balaban J connectivity index is 3.03. The lowest BCUT2D eigenvalue weighted by Crippen LogP contribution is -2.18. The molecule has 0 aromatic rings. The van der Waals surface area contributed by atoms with Gasteiger partial charge in [0.15, 0.2) is 0 Å². The van der Waals surface area contributed by atoms with E-state index in [1.807, 2.05) is 12.2 Å². The first-order valence-corrected chi connectivity index (χ1v) is 7.98. The highest BCUT2D eigenvalue weighted by Crippen LogP contribution is 2.37. The van der Waals surface area contributed by atoms with Gasteiger partial charge in [-0.05, 0) is 41.7 Å². The molecule has 1 aliphatic rings. The number of allylic oxidation sites excluding steroid dienone is 9. The molecule has 0 aromatic carbocycles. The Morgan fingerprint density at radius 2 is 2.05 bits per heavy atom. The van der Waals surface area contributed by atoms with Gasteiger partial charge in [-0.2, -0.15) is 0 Å². The van der Waals surface area contributed by atoms with Gasteiger partial charge in [0.05, 0.1) is 0 Å². The third kappa shape index (κ3) is 5.51. The molecule has 0 saturated carbocycles. The van der Waals surface area contributed by atoms with Crippen LogP contribution in [-0.4, -0.2) is 6.54 Å². The quantitative estimate of drug-likeness (QED) is 0.546. The molecule has 2 atom stereocenters. The van der Waals surface area contributed by atoms with Crippen LogP contribution in [0.5, 0.6) is 0 Å². The van der Waals surface area contributed by atoms with Crippen molar-refractivity contribution in [2.24, 2.45) is 23.0 Å². The molecular formula is C20H31N. The SMILES string of the molecule is CC=CC(C)C1CC=C(C(C)(C)C)C=C1/C=C\C=C/CN. The fraction of sp³-hybridized carbons (Fsp3) is 0.500. The molecule has 116 valence electrons. The Bertz CT molecular complexity index is 467. The van der Waals surface area contributed by atoms with Crippen molar-refractivity contribution in [1.29, 1.82) is 0 Å². The van der Waals surface area contributed by atoms with E-state index < -0.39 is 0 Å². The third-order valence-electron chi connectivity index (χ3n) is 4.01. The monoisotopic (exact) mass is 285 g/mol. The summed E-state index contributed by atoms with van der Waals surface area (Å²) in [5.41, 5.74) is 8.56. The minimum atomic E-state index is 0.209. The second-order valence-corrected chi connectivity index (χ2v) is 6.80. The van der Waals surface area contributed by atoms with E-state index in [0.29, 0.717) is 18.4 Å². The second kappa shape index (κ2) is 8.19. The lowest BCUT2D eigenvalue weighted by atomic mass is 9.74. The molecule has 1 aliphatic carbocycles. The van der Waals surface area contributed by atoms with Crippen LogP contribution in [0.1, 0.15) is 41.0 Å². The predicted molar refractivity (Wildman–Crippen MR) is 95.0 cm³/mol. The van der Waals surface area contributed by atoms with Crippen LogP contribution in [0, 0.1) is 17.3 Å². The minimum Gasteiger partial charge on any atom is -0.327 e. The maximum atomic E-state index is 5.49. The van der Waals surface area contributed by atoms with E-state index >= 15 is 0 Å². The highest BCUT2D eigenvalue weighted by atomic mass is 14.5. The fourth-order valence-corrected chi connectivity index (χ4v) is 2.71. The average molecular weight is 285 g/mol. The van der Waals surface area contributed by atoms with Gasteiger partial charge < -0.3 is 5.73 Å². The topological polar surface area (TPSA) is 26.0 Å². The van der Waals surface area contributed by atoms with Crippen molar-refractivity contribution in [1.82, 2.24) is 0 Å². The molecule has 1 nitrogen and oxygen atoms in total. The first-order valence-electron chi connectivity index (χ1n) is 7.98. The lowest BCUT2D eigenvalue weighted by molar-refractivity contribution is 0.465. The Hall–Kier alpha value is -1.34. The molecule has 0 aromatic heterocycles. The second-order valence-electron chi connectivity index (χ2n) is 6.80. The number of rotatable bonds is 5. The zero-order chi connectivity index (χ0) is 15.9. The first-order chi connectivity index (χ1) is 9.90. The van der Waals surface area contributed by atoms with E-state index in [9.17, 15) is 0 Å². The Kier molecular flexibility index (Phi) is 6.91. The highest BCUT2D eigenvalue weighted by molar-refractivity contribution is 5.40. The van der Waals surface area contributed by atoms with Crippen molar-refractivity contribution in [2.75, 3.05) is 6.54 Å². The van der Waals surface area contributed by atoms with E-state index in [1.54, 1.807) is 0 Å². The van der Waals surface area contributed by atoms with Gasteiger partial charge in [0.2, 0.25) is 0 Å². The van der Waals surface area contributed by atoms with Gasteiger partial charge in [-0.3, -0.25) is 0 Å². The number of hydrogen-bond donors (Lipinski definition) is 1. The molecule has 1 heteroatoms. The van der Waals surface area contributed by atoms with Gasteiger partial charge in [0, 0.05) is 6.54 Å². The largest absolute Gasteiger partial charge is 0.327 e. The summed E-state index contributed by atoms with van der Waals surface area (Å²) in [6, 6.07) is 0. The predicted octanol–water partition coefficient (Wildman–Crippen LogP) is 5.19. The van der Waals surface area contributed by atoms with E-state index in [1.165, 1.54) is 11.1 Å². The van der Waals surface area contributed by atoms with Crippen LogP contribution in [0.15, 0.2) is 59.8 Å². The Morgan fingerprint density at radius 3 is 2.62 bits per heavy atom. The maximum absolute atomic E-state index is 5.49. The zero-order valence-corrected chi connectivity index (χ0v) is 14.3. The summed E-state index contributed by atoms with van der Waals surface area (Å²) >= 11 is 0.